The fourth-order valence-electron chi connectivity index (χ4n) is 4.70. The summed E-state index contributed by atoms with van der Waals surface area (Å²) >= 11 is 0. The molecule has 8 nitrogen and oxygen atoms in total. The molecule has 2 atom stereocenters. The molecule has 0 saturated carbocycles. The van der Waals surface area contributed by atoms with Crippen molar-refractivity contribution in [2.24, 2.45) is 0 Å². The Kier molecular flexibility index (Phi) is 7.80. The van der Waals surface area contributed by atoms with Crippen LogP contribution >= 0.6 is 0 Å². The van der Waals surface area contributed by atoms with Crippen molar-refractivity contribution < 1.29 is 23.9 Å². The highest BCUT2D eigenvalue weighted by molar-refractivity contribution is 5.96. The number of benzene rings is 2. The van der Waals surface area contributed by atoms with Gasteiger partial charge in [0.2, 0.25) is 5.91 Å². The summed E-state index contributed by atoms with van der Waals surface area (Å²) in [6.07, 6.45) is 2.52. The average molecular weight is 478 g/mol. The van der Waals surface area contributed by atoms with Gasteiger partial charge in [-0.15, -0.1) is 0 Å². The highest BCUT2D eigenvalue weighted by Crippen LogP contribution is 2.25. The molecule has 0 spiro atoms. The van der Waals surface area contributed by atoms with Gasteiger partial charge in [0.15, 0.2) is 12.4 Å². The Labute approximate surface area is 205 Å². The fourth-order valence-corrected chi connectivity index (χ4v) is 4.70. The van der Waals surface area contributed by atoms with Crippen molar-refractivity contribution in [3.05, 3.63) is 71.3 Å². The van der Waals surface area contributed by atoms with Crippen LogP contribution in [0.15, 0.2) is 54.6 Å². The van der Waals surface area contributed by atoms with Crippen LogP contribution in [0.2, 0.25) is 0 Å². The van der Waals surface area contributed by atoms with E-state index in [0.717, 1.165) is 17.5 Å². The van der Waals surface area contributed by atoms with E-state index in [1.165, 1.54) is 0 Å². The van der Waals surface area contributed by atoms with Gasteiger partial charge in [-0.3, -0.25) is 9.59 Å². The van der Waals surface area contributed by atoms with Gasteiger partial charge in [0.25, 0.3) is 0 Å². The Hall–Kier alpha value is -3.68. The molecule has 2 aromatic rings. The molecule has 2 heterocycles. The molecule has 35 heavy (non-hydrogen) atoms. The number of hydrogen-bond donors (Lipinski definition) is 1. The largest absolute Gasteiger partial charge is 0.454 e. The van der Waals surface area contributed by atoms with Crippen molar-refractivity contribution in [1.29, 1.82) is 0 Å². The minimum absolute atomic E-state index is 0.210. The van der Waals surface area contributed by atoms with Crippen molar-refractivity contribution >= 4 is 23.7 Å². The number of urea groups is 1. The Morgan fingerprint density at radius 2 is 1.54 bits per heavy atom. The molecule has 0 radical (unpaired) electrons. The third kappa shape index (κ3) is 5.88. The zero-order valence-corrected chi connectivity index (χ0v) is 19.9. The number of hydrogen-bond acceptors (Lipinski definition) is 5. The lowest BCUT2D eigenvalue weighted by molar-refractivity contribution is -0.141. The van der Waals surface area contributed by atoms with Crippen LogP contribution in [0.4, 0.5) is 4.79 Å². The van der Waals surface area contributed by atoms with Gasteiger partial charge in [-0.25, -0.2) is 9.59 Å². The molecule has 2 fully saturated rings. The monoisotopic (exact) mass is 477 g/mol. The molecule has 2 aliphatic rings. The van der Waals surface area contributed by atoms with Crippen LogP contribution in [-0.2, 0) is 20.9 Å². The van der Waals surface area contributed by atoms with Gasteiger partial charge in [0.1, 0.15) is 6.04 Å². The number of nitrogens with zero attached hydrogens (tertiary/aromatic N) is 2. The van der Waals surface area contributed by atoms with Gasteiger partial charge in [0.05, 0.1) is 11.6 Å². The zero-order valence-electron chi connectivity index (χ0n) is 19.9. The van der Waals surface area contributed by atoms with Gasteiger partial charge in [-0.2, -0.15) is 0 Å². The number of carbonyl (C=O) groups is 4. The molecule has 4 rings (SSSR count). The first kappa shape index (κ1) is 24.4. The van der Waals surface area contributed by atoms with E-state index in [0.29, 0.717) is 44.5 Å². The summed E-state index contributed by atoms with van der Waals surface area (Å²) in [7, 11) is 0. The molecule has 2 aromatic carbocycles. The minimum atomic E-state index is -0.635. The van der Waals surface area contributed by atoms with Crippen LogP contribution in [0.5, 0.6) is 0 Å². The first-order valence-corrected chi connectivity index (χ1v) is 12.1. The Balaban J connectivity index is 1.33. The van der Waals surface area contributed by atoms with E-state index >= 15 is 0 Å². The van der Waals surface area contributed by atoms with Crippen LogP contribution in [0.1, 0.15) is 47.2 Å². The molecule has 8 heteroatoms. The molecule has 184 valence electrons. The first-order chi connectivity index (χ1) is 16.9. The fraction of sp³-hybridized carbons (Fsp3) is 0.407. The van der Waals surface area contributed by atoms with E-state index in [9.17, 15) is 19.2 Å². The predicted octanol–water partition coefficient (Wildman–Crippen LogP) is 3.09. The maximum Gasteiger partial charge on any atom is 0.338 e. The summed E-state index contributed by atoms with van der Waals surface area (Å²) < 4.78 is 5.20. The molecule has 3 amide bonds. The molecule has 1 N–H and O–H groups in total. The molecular weight excluding hydrogens is 446 g/mol. The van der Waals surface area contributed by atoms with E-state index in [2.05, 4.69) is 5.32 Å². The molecule has 0 aliphatic carbocycles. The number of ketones is 1. The maximum atomic E-state index is 13.4. The second-order valence-electron chi connectivity index (χ2n) is 9.09. The Morgan fingerprint density at radius 1 is 0.886 bits per heavy atom. The normalized spacial score (nSPS) is 19.5. The second-order valence-corrected chi connectivity index (χ2v) is 9.09. The number of nitrogens with one attached hydrogen (secondary N) is 1. The molecule has 0 aromatic heterocycles. The van der Waals surface area contributed by atoms with Crippen LogP contribution in [0.3, 0.4) is 0 Å². The number of esters is 1. The van der Waals surface area contributed by atoms with Crippen molar-refractivity contribution in [1.82, 2.24) is 15.1 Å². The van der Waals surface area contributed by atoms with Crippen molar-refractivity contribution in [2.45, 2.75) is 51.2 Å². The highest BCUT2D eigenvalue weighted by atomic mass is 16.5. The first-order valence-electron chi connectivity index (χ1n) is 12.1. The van der Waals surface area contributed by atoms with E-state index < -0.39 is 18.1 Å². The Morgan fingerprint density at radius 3 is 2.26 bits per heavy atom. The van der Waals surface area contributed by atoms with Crippen LogP contribution < -0.4 is 5.32 Å². The van der Waals surface area contributed by atoms with Gasteiger partial charge in [0, 0.05) is 19.6 Å². The number of ether oxygens (including phenoxy) is 1. The van der Waals surface area contributed by atoms with Gasteiger partial charge < -0.3 is 19.9 Å². The van der Waals surface area contributed by atoms with Crippen LogP contribution in [0, 0.1) is 6.92 Å². The molecular formula is C27H31N3O5. The maximum absolute atomic E-state index is 13.4. The number of likely N-dealkylation sites (tertiary alicyclic amines) is 2. The van der Waals surface area contributed by atoms with Crippen molar-refractivity contribution in [3.63, 3.8) is 0 Å². The van der Waals surface area contributed by atoms with Gasteiger partial charge in [-0.1, -0.05) is 48.0 Å². The van der Waals surface area contributed by atoms with E-state index in [4.69, 9.17) is 4.74 Å². The summed E-state index contributed by atoms with van der Waals surface area (Å²) in [4.78, 5) is 54.4. The third-order valence-corrected chi connectivity index (χ3v) is 6.63. The smallest absolute Gasteiger partial charge is 0.338 e. The molecule has 2 aliphatic heterocycles. The standard InChI is InChI=1S/C27H31N3O5/c1-19-11-13-20(14-12-19)17-28-27(34)30-16-6-10-23(30)25(32)29-15-5-9-22(29)24(31)18-35-26(33)21-7-3-2-4-8-21/h2-4,7-8,11-14,22-23H,5-6,9-10,15-18H2,1H3,(H,28,34). The number of rotatable bonds is 7. The summed E-state index contributed by atoms with van der Waals surface area (Å²) in [5.74, 6) is -1.08. The number of amides is 3. The molecule has 2 unspecified atom stereocenters. The van der Waals surface area contributed by atoms with E-state index in [1.54, 1.807) is 40.1 Å². The predicted molar refractivity (Wildman–Crippen MR) is 130 cm³/mol. The lowest BCUT2D eigenvalue weighted by Crippen LogP contribution is -2.53. The topological polar surface area (TPSA) is 96.0 Å². The van der Waals surface area contributed by atoms with Crippen LogP contribution in [0.25, 0.3) is 0 Å². The lowest BCUT2D eigenvalue weighted by Gasteiger charge is -2.31. The van der Waals surface area contributed by atoms with Crippen molar-refractivity contribution in [3.8, 4) is 0 Å². The highest BCUT2D eigenvalue weighted by Gasteiger charge is 2.42. The van der Waals surface area contributed by atoms with E-state index in [-0.39, 0.29) is 24.3 Å². The summed E-state index contributed by atoms with van der Waals surface area (Å²) in [6.45, 7) is 2.96. The Bertz CT molecular complexity index is 1070. The quantitative estimate of drug-likeness (QED) is 0.619. The minimum Gasteiger partial charge on any atom is -0.454 e. The van der Waals surface area contributed by atoms with Gasteiger partial charge in [-0.05, 0) is 50.3 Å². The molecule has 2 saturated heterocycles. The average Bonchev–Trinajstić information content (AvgIpc) is 3.57. The van der Waals surface area contributed by atoms with Crippen molar-refractivity contribution in [2.75, 3.05) is 19.7 Å². The number of Topliss-reactive ketones (excluding diaryl/α,β-unsaturated/α-hetero) is 1. The summed E-state index contributed by atoms with van der Waals surface area (Å²) in [6, 6.07) is 14.9. The number of aryl methyl sites for hydroxylation is 1. The summed E-state index contributed by atoms with van der Waals surface area (Å²) in [5.41, 5.74) is 2.51. The van der Waals surface area contributed by atoms with E-state index in [1.807, 2.05) is 31.2 Å². The lowest BCUT2D eigenvalue weighted by atomic mass is 10.1. The third-order valence-electron chi connectivity index (χ3n) is 6.63. The van der Waals surface area contributed by atoms with Gasteiger partial charge >= 0.3 is 12.0 Å². The summed E-state index contributed by atoms with van der Waals surface area (Å²) in [5, 5.41) is 2.91. The number of carbonyl (C=O) groups excluding carboxylic acids is 4. The zero-order chi connectivity index (χ0) is 24.8. The molecule has 0 bridgehead atoms. The SMILES string of the molecule is Cc1ccc(CNC(=O)N2CCCC2C(=O)N2CCCC2C(=O)COC(=O)c2ccccc2)cc1. The second kappa shape index (κ2) is 11.2. The van der Waals surface area contributed by atoms with Crippen LogP contribution in [-0.4, -0.2) is 65.3 Å².